The van der Waals surface area contributed by atoms with Crippen LogP contribution in [0, 0.1) is 0 Å². The van der Waals surface area contributed by atoms with E-state index < -0.39 is 0 Å². The predicted octanol–water partition coefficient (Wildman–Crippen LogP) is 6.79. The molecule has 3 aromatic carbocycles. The van der Waals surface area contributed by atoms with Crippen molar-refractivity contribution in [3.8, 4) is 5.75 Å². The number of carbonyl (C=O) groups is 2. The van der Waals surface area contributed by atoms with Crippen LogP contribution in [-0.4, -0.2) is 23.5 Å². The van der Waals surface area contributed by atoms with Gasteiger partial charge in [-0.05, 0) is 83.1 Å². The molecule has 0 aromatic heterocycles. The van der Waals surface area contributed by atoms with Crippen molar-refractivity contribution in [3.05, 3.63) is 88.4 Å². The number of rotatable bonds is 10. The molecule has 0 radical (unpaired) electrons. The largest absolute Gasteiger partial charge is 0.492 e. The van der Waals surface area contributed by atoms with Gasteiger partial charge in [0.25, 0.3) is 11.8 Å². The number of hydrogen-bond donors (Lipinski definition) is 3. The Morgan fingerprint density at radius 3 is 2.29 bits per heavy atom. The Labute approximate surface area is 219 Å². The van der Waals surface area contributed by atoms with E-state index in [4.69, 9.17) is 17.0 Å². The Bertz CT molecular complexity index is 1170. The van der Waals surface area contributed by atoms with Crippen molar-refractivity contribution >= 4 is 56.4 Å². The zero-order valence-electron chi connectivity index (χ0n) is 19.5. The highest BCUT2D eigenvalue weighted by Crippen LogP contribution is 2.26. The van der Waals surface area contributed by atoms with Gasteiger partial charge < -0.3 is 15.4 Å². The molecular weight excluding hydrogens is 526 g/mol. The van der Waals surface area contributed by atoms with Crippen molar-refractivity contribution in [2.75, 3.05) is 17.2 Å². The lowest BCUT2D eigenvalue weighted by molar-refractivity contribution is 0.0976. The van der Waals surface area contributed by atoms with Gasteiger partial charge in [-0.15, -0.1) is 0 Å². The predicted molar refractivity (Wildman–Crippen MR) is 148 cm³/mol. The molecule has 3 N–H and O–H groups in total. The van der Waals surface area contributed by atoms with Gasteiger partial charge in [-0.25, -0.2) is 0 Å². The number of unbranched alkanes of at least 4 members (excludes halogenated alkanes) is 3. The molecule has 0 bridgehead atoms. The molecule has 3 rings (SSSR count). The van der Waals surface area contributed by atoms with Gasteiger partial charge in [0, 0.05) is 22.5 Å². The smallest absolute Gasteiger partial charge is 0.257 e. The van der Waals surface area contributed by atoms with Crippen LogP contribution in [0.1, 0.15) is 53.3 Å². The van der Waals surface area contributed by atoms with Crippen LogP contribution >= 0.6 is 28.1 Å². The van der Waals surface area contributed by atoms with Crippen LogP contribution in [0.25, 0.3) is 0 Å². The minimum absolute atomic E-state index is 0.147. The van der Waals surface area contributed by atoms with E-state index in [-0.39, 0.29) is 16.9 Å². The summed E-state index contributed by atoms with van der Waals surface area (Å²) in [6.45, 7) is 2.81. The second kappa shape index (κ2) is 13.6. The number of nitrogens with one attached hydrogen (secondary N) is 3. The van der Waals surface area contributed by atoms with Crippen molar-refractivity contribution in [2.24, 2.45) is 0 Å². The monoisotopic (exact) mass is 553 g/mol. The van der Waals surface area contributed by atoms with E-state index in [0.29, 0.717) is 39.3 Å². The van der Waals surface area contributed by atoms with Gasteiger partial charge in [-0.3, -0.25) is 14.9 Å². The third kappa shape index (κ3) is 8.49. The zero-order valence-corrected chi connectivity index (χ0v) is 21.9. The maximum absolute atomic E-state index is 12.7. The van der Waals surface area contributed by atoms with E-state index in [1.807, 2.05) is 18.2 Å². The van der Waals surface area contributed by atoms with E-state index in [0.717, 1.165) is 12.8 Å². The first-order valence-corrected chi connectivity index (χ1v) is 12.7. The first-order chi connectivity index (χ1) is 17.0. The van der Waals surface area contributed by atoms with E-state index in [1.165, 1.54) is 12.8 Å². The third-order valence-electron chi connectivity index (χ3n) is 5.09. The van der Waals surface area contributed by atoms with Crippen LogP contribution in [0.5, 0.6) is 5.75 Å². The summed E-state index contributed by atoms with van der Waals surface area (Å²) in [5.74, 6) is 0.150. The molecule has 0 unspecified atom stereocenters. The minimum Gasteiger partial charge on any atom is -0.492 e. The van der Waals surface area contributed by atoms with Gasteiger partial charge in [-0.1, -0.05) is 50.5 Å². The van der Waals surface area contributed by atoms with Crippen molar-refractivity contribution in [1.29, 1.82) is 0 Å². The second-order valence-electron chi connectivity index (χ2n) is 7.86. The standard InChI is InChI=1S/C27H28BrN3O3S/c1-2-3-4-8-16-34-24-15-14-20(17-23(24)28)26(33)31-27(35)30-22-13-9-12-21(18-22)29-25(32)19-10-6-5-7-11-19/h5-7,9-15,17-18H,2-4,8,16H2,1H3,(H,29,32)(H2,30,31,33,35). The number of hydrogen-bond acceptors (Lipinski definition) is 4. The second-order valence-corrected chi connectivity index (χ2v) is 9.13. The average molecular weight is 555 g/mol. The molecule has 6 nitrogen and oxygen atoms in total. The fourth-order valence-electron chi connectivity index (χ4n) is 3.28. The molecule has 0 spiro atoms. The molecule has 0 aliphatic rings. The minimum atomic E-state index is -0.341. The third-order valence-corrected chi connectivity index (χ3v) is 5.91. The Kier molecular flexibility index (Phi) is 10.3. The number of carbonyl (C=O) groups excluding carboxylic acids is 2. The maximum atomic E-state index is 12.7. The topological polar surface area (TPSA) is 79.5 Å². The number of halogens is 1. The number of benzene rings is 3. The number of anilines is 2. The van der Waals surface area contributed by atoms with Crippen molar-refractivity contribution < 1.29 is 14.3 Å². The quantitative estimate of drug-likeness (QED) is 0.190. The highest BCUT2D eigenvalue weighted by atomic mass is 79.9. The summed E-state index contributed by atoms with van der Waals surface area (Å²) in [6, 6.07) is 21.2. The van der Waals surface area contributed by atoms with Gasteiger partial charge in [0.05, 0.1) is 11.1 Å². The molecule has 0 fully saturated rings. The molecule has 8 heteroatoms. The van der Waals surface area contributed by atoms with Gasteiger partial charge in [0.15, 0.2) is 5.11 Å². The van der Waals surface area contributed by atoms with Gasteiger partial charge >= 0.3 is 0 Å². The van der Waals surface area contributed by atoms with Crippen LogP contribution in [0.15, 0.2) is 77.3 Å². The summed E-state index contributed by atoms with van der Waals surface area (Å²) in [7, 11) is 0. The molecule has 0 atom stereocenters. The summed E-state index contributed by atoms with van der Waals surface area (Å²) in [4.78, 5) is 25.0. The molecule has 0 aliphatic heterocycles. The Morgan fingerprint density at radius 1 is 0.829 bits per heavy atom. The molecule has 0 saturated carbocycles. The van der Waals surface area contributed by atoms with Crippen molar-refractivity contribution in [1.82, 2.24) is 5.32 Å². The van der Waals surface area contributed by atoms with E-state index >= 15 is 0 Å². The number of ether oxygens (including phenoxy) is 1. The van der Waals surface area contributed by atoms with E-state index in [1.54, 1.807) is 54.6 Å². The van der Waals surface area contributed by atoms with Crippen LogP contribution in [0.3, 0.4) is 0 Å². The molecule has 0 aliphatic carbocycles. The molecular formula is C27H28BrN3O3S. The molecule has 0 saturated heterocycles. The molecule has 2 amide bonds. The summed E-state index contributed by atoms with van der Waals surface area (Å²) < 4.78 is 6.51. The summed E-state index contributed by atoms with van der Waals surface area (Å²) in [6.07, 6.45) is 4.52. The summed E-state index contributed by atoms with van der Waals surface area (Å²) in [5, 5.41) is 8.65. The highest BCUT2D eigenvalue weighted by Gasteiger charge is 2.12. The number of thiocarbonyl (C=S) groups is 1. The highest BCUT2D eigenvalue weighted by molar-refractivity contribution is 9.10. The van der Waals surface area contributed by atoms with E-state index in [9.17, 15) is 9.59 Å². The summed E-state index contributed by atoms with van der Waals surface area (Å²) in [5.41, 5.74) is 2.25. The maximum Gasteiger partial charge on any atom is 0.257 e. The molecule has 35 heavy (non-hydrogen) atoms. The van der Waals surface area contributed by atoms with Gasteiger partial charge in [0.1, 0.15) is 5.75 Å². The zero-order chi connectivity index (χ0) is 25.0. The molecule has 3 aromatic rings. The number of amides is 2. The van der Waals surface area contributed by atoms with Crippen LogP contribution < -0.4 is 20.7 Å². The van der Waals surface area contributed by atoms with Crippen LogP contribution in [-0.2, 0) is 0 Å². The molecule has 182 valence electrons. The Morgan fingerprint density at radius 2 is 1.57 bits per heavy atom. The van der Waals surface area contributed by atoms with Crippen molar-refractivity contribution in [2.45, 2.75) is 32.6 Å². The fourth-order valence-corrected chi connectivity index (χ4v) is 3.98. The van der Waals surface area contributed by atoms with E-state index in [2.05, 4.69) is 38.8 Å². The lowest BCUT2D eigenvalue weighted by atomic mass is 10.2. The first-order valence-electron chi connectivity index (χ1n) is 11.5. The van der Waals surface area contributed by atoms with Gasteiger partial charge in [-0.2, -0.15) is 0 Å². The fraction of sp³-hybridized carbons (Fsp3) is 0.222. The van der Waals surface area contributed by atoms with Crippen LogP contribution in [0.4, 0.5) is 11.4 Å². The molecule has 0 heterocycles. The van der Waals surface area contributed by atoms with Crippen LogP contribution in [0.2, 0.25) is 0 Å². The Balaban J connectivity index is 1.53. The SMILES string of the molecule is CCCCCCOc1ccc(C(=O)NC(=S)Nc2cccc(NC(=O)c3ccccc3)c2)cc1Br. The summed E-state index contributed by atoms with van der Waals surface area (Å²) >= 11 is 8.78. The Hall–Kier alpha value is -3.23. The lowest BCUT2D eigenvalue weighted by Crippen LogP contribution is -2.34. The first kappa shape index (κ1) is 26.4. The normalized spacial score (nSPS) is 10.3. The van der Waals surface area contributed by atoms with Crippen molar-refractivity contribution in [3.63, 3.8) is 0 Å². The van der Waals surface area contributed by atoms with Gasteiger partial charge in [0.2, 0.25) is 0 Å². The lowest BCUT2D eigenvalue weighted by Gasteiger charge is -2.12. The average Bonchev–Trinajstić information content (AvgIpc) is 2.85.